The molecule has 4 N–H and O–H groups in total. The fourth-order valence-corrected chi connectivity index (χ4v) is 2.78. The molecule has 1 fully saturated rings. The Bertz CT molecular complexity index is 403. The van der Waals surface area contributed by atoms with Gasteiger partial charge in [-0.15, -0.1) is 0 Å². The summed E-state index contributed by atoms with van der Waals surface area (Å²) in [5.41, 5.74) is 1.43. The number of nitrogens with one attached hydrogen (secondary N) is 1. The lowest BCUT2D eigenvalue weighted by atomic mass is 9.87. The average molecular weight is 270 g/mol. The van der Waals surface area contributed by atoms with Crippen molar-refractivity contribution in [2.24, 2.45) is 5.41 Å². The van der Waals surface area contributed by atoms with E-state index in [1.165, 1.54) is 0 Å². The Labute approximate surface area is 112 Å². The molecule has 6 heteroatoms. The van der Waals surface area contributed by atoms with E-state index in [1.54, 1.807) is 0 Å². The van der Waals surface area contributed by atoms with Crippen molar-refractivity contribution in [3.63, 3.8) is 0 Å². The molecule has 0 amide bonds. The van der Waals surface area contributed by atoms with Crippen molar-refractivity contribution < 1.29 is 19.8 Å². The van der Waals surface area contributed by atoms with E-state index < -0.39 is 17.6 Å². The number of aliphatic hydroxyl groups is 3. The summed E-state index contributed by atoms with van der Waals surface area (Å²) in [5, 5.41) is 35.9. The summed E-state index contributed by atoms with van der Waals surface area (Å²) in [6.07, 6.45) is -0.653. The Kier molecular flexibility index (Phi) is 4.25. The summed E-state index contributed by atoms with van der Waals surface area (Å²) < 4.78 is 5.08. The lowest BCUT2D eigenvalue weighted by Gasteiger charge is -2.26. The Morgan fingerprint density at radius 1 is 1.32 bits per heavy atom. The van der Waals surface area contributed by atoms with Crippen LogP contribution in [0.5, 0.6) is 0 Å². The minimum Gasteiger partial charge on any atom is -0.396 e. The molecule has 0 aromatic carbocycles. The lowest BCUT2D eigenvalue weighted by Crippen LogP contribution is -2.36. The number of aliphatic hydroxyl groups excluding tert-OH is 3. The Morgan fingerprint density at radius 2 is 1.95 bits per heavy atom. The third-order valence-corrected chi connectivity index (χ3v) is 4.05. The van der Waals surface area contributed by atoms with Crippen LogP contribution in [0.2, 0.25) is 0 Å². The van der Waals surface area contributed by atoms with E-state index in [0.29, 0.717) is 25.9 Å². The Hall–Kier alpha value is -0.950. The first-order valence-electron chi connectivity index (χ1n) is 6.57. The summed E-state index contributed by atoms with van der Waals surface area (Å²) in [6.45, 7) is 4.85. The van der Waals surface area contributed by atoms with E-state index in [2.05, 4.69) is 10.5 Å². The van der Waals surface area contributed by atoms with Crippen molar-refractivity contribution in [1.82, 2.24) is 10.5 Å². The summed E-state index contributed by atoms with van der Waals surface area (Å²) in [6, 6.07) is 0. The molecule has 1 aromatic heterocycles. The standard InChI is InChI=1S/C13H22N2O4/c1-8-10(9(2)19-15-8)5-14-6-13(7-16)3-11(17)12(18)4-13/h11-12,14,16-18H,3-7H2,1-2H3/t11-,12+,13?. The highest BCUT2D eigenvalue weighted by atomic mass is 16.5. The second kappa shape index (κ2) is 5.58. The predicted octanol–water partition coefficient (Wildman–Crippen LogP) is -0.125. The van der Waals surface area contributed by atoms with E-state index >= 15 is 0 Å². The second-order valence-corrected chi connectivity index (χ2v) is 5.61. The zero-order valence-corrected chi connectivity index (χ0v) is 11.4. The molecule has 1 saturated carbocycles. The topological polar surface area (TPSA) is 98.8 Å². The van der Waals surface area contributed by atoms with E-state index in [4.69, 9.17) is 4.52 Å². The van der Waals surface area contributed by atoms with Gasteiger partial charge in [0.15, 0.2) is 0 Å². The fourth-order valence-electron chi connectivity index (χ4n) is 2.78. The quantitative estimate of drug-likeness (QED) is 0.595. The Morgan fingerprint density at radius 3 is 2.42 bits per heavy atom. The van der Waals surface area contributed by atoms with E-state index in [-0.39, 0.29) is 6.61 Å². The van der Waals surface area contributed by atoms with Crippen molar-refractivity contribution in [3.05, 3.63) is 17.0 Å². The molecule has 0 radical (unpaired) electrons. The van der Waals surface area contributed by atoms with Crippen molar-refractivity contribution >= 4 is 0 Å². The molecule has 3 atom stereocenters. The SMILES string of the molecule is Cc1noc(C)c1CNCC1(CO)C[C@@H](O)[C@@H](O)C1. The predicted molar refractivity (Wildman–Crippen MR) is 68.5 cm³/mol. The fraction of sp³-hybridized carbons (Fsp3) is 0.769. The van der Waals surface area contributed by atoms with Gasteiger partial charge in [0.25, 0.3) is 0 Å². The van der Waals surface area contributed by atoms with Gasteiger partial charge in [-0.05, 0) is 26.7 Å². The van der Waals surface area contributed by atoms with Crippen molar-refractivity contribution in [1.29, 1.82) is 0 Å². The summed E-state index contributed by atoms with van der Waals surface area (Å²) in [4.78, 5) is 0. The number of rotatable bonds is 5. The van der Waals surface area contributed by atoms with Crippen LogP contribution in [0.25, 0.3) is 0 Å². The van der Waals surface area contributed by atoms with E-state index in [1.807, 2.05) is 13.8 Å². The summed E-state index contributed by atoms with van der Waals surface area (Å²) >= 11 is 0. The van der Waals surface area contributed by atoms with Gasteiger partial charge >= 0.3 is 0 Å². The third-order valence-electron chi connectivity index (χ3n) is 4.05. The monoisotopic (exact) mass is 270 g/mol. The van der Waals surface area contributed by atoms with Gasteiger partial charge in [0, 0.05) is 24.1 Å². The zero-order chi connectivity index (χ0) is 14.0. The molecule has 19 heavy (non-hydrogen) atoms. The minimum atomic E-state index is -0.743. The molecule has 1 aromatic rings. The highest BCUT2D eigenvalue weighted by molar-refractivity contribution is 5.20. The van der Waals surface area contributed by atoms with Crippen LogP contribution in [0.4, 0.5) is 0 Å². The normalized spacial score (nSPS) is 31.0. The molecule has 0 aliphatic heterocycles. The van der Waals surface area contributed by atoms with Crippen LogP contribution in [0, 0.1) is 19.3 Å². The van der Waals surface area contributed by atoms with Crippen molar-refractivity contribution in [2.75, 3.05) is 13.2 Å². The third kappa shape index (κ3) is 2.97. The first-order chi connectivity index (χ1) is 8.97. The summed E-state index contributed by atoms with van der Waals surface area (Å²) in [5.74, 6) is 0.787. The second-order valence-electron chi connectivity index (χ2n) is 5.61. The van der Waals surface area contributed by atoms with Gasteiger partial charge in [-0.3, -0.25) is 0 Å². The molecule has 0 saturated heterocycles. The zero-order valence-electron chi connectivity index (χ0n) is 11.4. The summed E-state index contributed by atoms with van der Waals surface area (Å²) in [7, 11) is 0. The van der Waals surface area contributed by atoms with Gasteiger partial charge in [-0.1, -0.05) is 5.16 Å². The Balaban J connectivity index is 1.91. The van der Waals surface area contributed by atoms with Crippen LogP contribution in [0.3, 0.4) is 0 Å². The largest absolute Gasteiger partial charge is 0.396 e. The smallest absolute Gasteiger partial charge is 0.138 e. The molecule has 1 aliphatic carbocycles. The van der Waals surface area contributed by atoms with Crippen LogP contribution in [-0.4, -0.2) is 45.8 Å². The van der Waals surface area contributed by atoms with Crippen LogP contribution >= 0.6 is 0 Å². The number of hydrogen-bond donors (Lipinski definition) is 4. The van der Waals surface area contributed by atoms with E-state index in [0.717, 1.165) is 17.0 Å². The molecule has 0 bridgehead atoms. The number of nitrogens with zero attached hydrogens (tertiary/aromatic N) is 1. The van der Waals surface area contributed by atoms with Crippen LogP contribution < -0.4 is 5.32 Å². The number of aryl methyl sites for hydroxylation is 2. The lowest BCUT2D eigenvalue weighted by molar-refractivity contribution is 0.0438. The molecule has 1 heterocycles. The molecule has 108 valence electrons. The molecule has 0 spiro atoms. The number of aromatic nitrogens is 1. The maximum atomic E-state index is 9.62. The minimum absolute atomic E-state index is 0.0459. The van der Waals surface area contributed by atoms with Crippen molar-refractivity contribution in [3.8, 4) is 0 Å². The van der Waals surface area contributed by atoms with Crippen LogP contribution in [-0.2, 0) is 6.54 Å². The van der Waals surface area contributed by atoms with Gasteiger partial charge in [0.2, 0.25) is 0 Å². The number of hydrogen-bond acceptors (Lipinski definition) is 6. The first-order valence-corrected chi connectivity index (χ1v) is 6.57. The average Bonchev–Trinajstić information content (AvgIpc) is 2.84. The molecular formula is C13H22N2O4. The van der Waals surface area contributed by atoms with Gasteiger partial charge in [-0.2, -0.15) is 0 Å². The van der Waals surface area contributed by atoms with E-state index in [9.17, 15) is 15.3 Å². The molecule has 6 nitrogen and oxygen atoms in total. The molecular weight excluding hydrogens is 248 g/mol. The van der Waals surface area contributed by atoms with Gasteiger partial charge in [-0.25, -0.2) is 0 Å². The highest BCUT2D eigenvalue weighted by Gasteiger charge is 2.43. The van der Waals surface area contributed by atoms with Gasteiger partial charge in [0.05, 0.1) is 24.5 Å². The first kappa shape index (κ1) is 14.5. The van der Waals surface area contributed by atoms with Crippen LogP contribution in [0.15, 0.2) is 4.52 Å². The van der Waals surface area contributed by atoms with Crippen LogP contribution in [0.1, 0.15) is 29.9 Å². The molecule has 2 rings (SSSR count). The maximum Gasteiger partial charge on any atom is 0.138 e. The van der Waals surface area contributed by atoms with Gasteiger partial charge in [0.1, 0.15) is 5.76 Å². The molecule has 1 aliphatic rings. The highest BCUT2D eigenvalue weighted by Crippen LogP contribution is 2.37. The van der Waals surface area contributed by atoms with Crippen molar-refractivity contribution in [2.45, 2.75) is 45.4 Å². The molecule has 1 unspecified atom stereocenters. The maximum absolute atomic E-state index is 9.62. The van der Waals surface area contributed by atoms with Gasteiger partial charge < -0.3 is 25.2 Å².